The highest BCUT2D eigenvalue weighted by Gasteiger charge is 2.30. The molecular weight excluding hydrogens is 324 g/mol. The van der Waals surface area contributed by atoms with Gasteiger partial charge in [0, 0.05) is 17.6 Å². The normalized spacial score (nSPS) is 18.0. The Labute approximate surface area is 146 Å². The van der Waals surface area contributed by atoms with Crippen molar-refractivity contribution in [1.29, 1.82) is 0 Å². The quantitative estimate of drug-likeness (QED) is 0.867. The number of carbonyl (C=O) groups excluding carboxylic acids is 1. The molecule has 0 bridgehead atoms. The highest BCUT2D eigenvalue weighted by Crippen LogP contribution is 2.31. The van der Waals surface area contributed by atoms with Gasteiger partial charge >= 0.3 is 0 Å². The van der Waals surface area contributed by atoms with Crippen LogP contribution < -0.4 is 5.73 Å². The average Bonchev–Trinajstić information content (AvgIpc) is 3.05. The summed E-state index contributed by atoms with van der Waals surface area (Å²) in [5, 5.41) is 8.67. The minimum absolute atomic E-state index is 0.0338. The molecule has 24 heavy (non-hydrogen) atoms. The summed E-state index contributed by atoms with van der Waals surface area (Å²) in [7, 11) is 0. The number of amides is 1. The Bertz CT molecular complexity index is 773. The lowest BCUT2D eigenvalue weighted by Crippen LogP contribution is -2.29. The predicted octanol–water partition coefficient (Wildman–Crippen LogP) is 3.48. The second kappa shape index (κ2) is 7.01. The zero-order valence-corrected chi connectivity index (χ0v) is 14.2. The molecule has 2 N–H and O–H groups in total. The zero-order valence-electron chi connectivity index (χ0n) is 13.4. The summed E-state index contributed by atoms with van der Waals surface area (Å²) in [6.45, 7) is 2.61. The van der Waals surface area contributed by atoms with Crippen LogP contribution >= 0.6 is 11.6 Å². The van der Waals surface area contributed by atoms with Crippen molar-refractivity contribution >= 4 is 28.9 Å². The van der Waals surface area contributed by atoms with Crippen LogP contribution in [0.5, 0.6) is 0 Å². The number of allylic oxidation sites excluding steroid dienone is 1. The van der Waals surface area contributed by atoms with Crippen molar-refractivity contribution in [2.24, 2.45) is 0 Å². The molecule has 0 radical (unpaired) electrons. The van der Waals surface area contributed by atoms with E-state index in [0.717, 1.165) is 29.7 Å². The van der Waals surface area contributed by atoms with Crippen molar-refractivity contribution in [3.63, 3.8) is 0 Å². The molecule has 1 aromatic carbocycles. The molecule has 1 aliphatic rings. The van der Waals surface area contributed by atoms with Gasteiger partial charge in [-0.05, 0) is 49.1 Å². The van der Waals surface area contributed by atoms with E-state index in [4.69, 9.17) is 17.3 Å². The largest absolute Gasteiger partial charge is 0.382 e. The van der Waals surface area contributed by atoms with Gasteiger partial charge in [-0.1, -0.05) is 29.8 Å². The summed E-state index contributed by atoms with van der Waals surface area (Å²) in [6.07, 6.45) is 3.47. The van der Waals surface area contributed by atoms with Crippen LogP contribution in [0.3, 0.4) is 0 Å². The van der Waals surface area contributed by atoms with Gasteiger partial charge in [0.1, 0.15) is 5.82 Å². The predicted molar refractivity (Wildman–Crippen MR) is 95.2 cm³/mol. The number of carbonyl (C=O) groups is 1. The number of anilines is 1. The summed E-state index contributed by atoms with van der Waals surface area (Å²) < 4.78 is 0. The van der Waals surface area contributed by atoms with Gasteiger partial charge in [-0.15, -0.1) is 5.10 Å². The molecule has 1 aliphatic heterocycles. The van der Waals surface area contributed by atoms with E-state index in [0.29, 0.717) is 17.4 Å². The number of nitrogens with zero attached hydrogens (tertiary/aromatic N) is 3. The van der Waals surface area contributed by atoms with E-state index in [-0.39, 0.29) is 11.9 Å². The molecule has 3 rings (SSSR count). The summed E-state index contributed by atoms with van der Waals surface area (Å²) in [4.78, 5) is 14.6. The number of rotatable bonds is 3. The fraction of sp³-hybridized carbons (Fsp3) is 0.278. The second-order valence-electron chi connectivity index (χ2n) is 5.88. The summed E-state index contributed by atoms with van der Waals surface area (Å²) in [5.41, 5.74) is 8.08. The maximum absolute atomic E-state index is 12.7. The van der Waals surface area contributed by atoms with Gasteiger partial charge < -0.3 is 10.6 Å². The van der Waals surface area contributed by atoms with Crippen molar-refractivity contribution in [3.8, 4) is 0 Å². The highest BCUT2D eigenvalue weighted by atomic mass is 35.5. The monoisotopic (exact) mass is 342 g/mol. The minimum atomic E-state index is -0.0547. The number of likely N-dealkylation sites (tertiary alicyclic amines) is 1. The maximum atomic E-state index is 12.7. The van der Waals surface area contributed by atoms with E-state index >= 15 is 0 Å². The Kier molecular flexibility index (Phi) is 4.81. The first-order valence-corrected chi connectivity index (χ1v) is 8.27. The first-order valence-electron chi connectivity index (χ1n) is 7.89. The fourth-order valence-corrected chi connectivity index (χ4v) is 3.28. The number of aromatic nitrogens is 2. The van der Waals surface area contributed by atoms with Crippen LogP contribution in [0.2, 0.25) is 5.02 Å². The molecule has 2 aromatic rings. The van der Waals surface area contributed by atoms with Crippen LogP contribution in [0.1, 0.15) is 37.1 Å². The molecule has 0 saturated carbocycles. The zero-order chi connectivity index (χ0) is 17.1. The van der Waals surface area contributed by atoms with Crippen molar-refractivity contribution in [2.45, 2.75) is 25.8 Å². The van der Waals surface area contributed by atoms with E-state index in [1.54, 1.807) is 12.1 Å². The molecular formula is C18H19ClN4O. The number of hydrogen-bond acceptors (Lipinski definition) is 4. The lowest BCUT2D eigenvalue weighted by molar-refractivity contribution is -0.126. The molecule has 1 amide bonds. The van der Waals surface area contributed by atoms with Crippen molar-refractivity contribution in [3.05, 3.63) is 58.8 Å². The molecule has 0 aliphatic carbocycles. The smallest absolute Gasteiger partial charge is 0.247 e. The molecule has 5 nitrogen and oxygen atoms in total. The Morgan fingerprint density at radius 2 is 2.08 bits per heavy atom. The van der Waals surface area contributed by atoms with Crippen LogP contribution in [0, 0.1) is 0 Å². The molecule has 1 unspecified atom stereocenters. The van der Waals surface area contributed by atoms with Gasteiger partial charge in [0.2, 0.25) is 5.91 Å². The van der Waals surface area contributed by atoms with E-state index in [2.05, 4.69) is 10.2 Å². The third kappa shape index (κ3) is 3.41. The Balaban J connectivity index is 1.82. The Morgan fingerprint density at radius 3 is 2.79 bits per heavy atom. The first-order chi connectivity index (χ1) is 11.6. The fourth-order valence-electron chi connectivity index (χ4n) is 3.00. The Hall–Kier alpha value is -2.40. The van der Waals surface area contributed by atoms with Gasteiger partial charge in [-0.2, -0.15) is 5.10 Å². The van der Waals surface area contributed by atoms with Gasteiger partial charge in [-0.25, -0.2) is 0 Å². The third-order valence-electron chi connectivity index (χ3n) is 4.22. The van der Waals surface area contributed by atoms with Crippen LogP contribution in [-0.4, -0.2) is 27.5 Å². The summed E-state index contributed by atoms with van der Waals surface area (Å²) >= 11 is 6.21. The standard InChI is InChI=1S/C18H19ClN4O/c1-12(13-5-2-3-6-14(13)19)11-18(24)23-10-4-7-16(23)15-8-9-17(20)22-21-15/h2-3,5-6,8-9,11,16H,4,7,10H2,1H3,(H2,20,22)/b12-11+. The van der Waals surface area contributed by atoms with E-state index in [1.165, 1.54) is 0 Å². The molecule has 124 valence electrons. The number of nitrogen functional groups attached to an aromatic ring is 1. The van der Waals surface area contributed by atoms with Crippen LogP contribution in [-0.2, 0) is 4.79 Å². The third-order valence-corrected chi connectivity index (χ3v) is 4.55. The summed E-state index contributed by atoms with van der Waals surface area (Å²) in [6, 6.07) is 11.0. The Morgan fingerprint density at radius 1 is 1.29 bits per heavy atom. The van der Waals surface area contributed by atoms with Crippen LogP contribution in [0.25, 0.3) is 5.57 Å². The number of benzene rings is 1. The molecule has 1 aromatic heterocycles. The van der Waals surface area contributed by atoms with E-state index in [9.17, 15) is 4.79 Å². The second-order valence-corrected chi connectivity index (χ2v) is 6.29. The van der Waals surface area contributed by atoms with Crippen molar-refractivity contribution < 1.29 is 4.79 Å². The van der Waals surface area contributed by atoms with Crippen LogP contribution in [0.15, 0.2) is 42.5 Å². The molecule has 1 fully saturated rings. The average molecular weight is 343 g/mol. The van der Waals surface area contributed by atoms with Gasteiger partial charge in [-0.3, -0.25) is 4.79 Å². The summed E-state index contributed by atoms with van der Waals surface area (Å²) in [5.74, 6) is 0.345. The van der Waals surface area contributed by atoms with Crippen LogP contribution in [0.4, 0.5) is 5.82 Å². The topological polar surface area (TPSA) is 72.1 Å². The lowest BCUT2D eigenvalue weighted by Gasteiger charge is -2.23. The van der Waals surface area contributed by atoms with Gasteiger partial charge in [0.05, 0.1) is 11.7 Å². The van der Waals surface area contributed by atoms with Gasteiger partial charge in [0.25, 0.3) is 0 Å². The van der Waals surface area contributed by atoms with E-state index in [1.807, 2.05) is 42.2 Å². The lowest BCUT2D eigenvalue weighted by atomic mass is 10.1. The van der Waals surface area contributed by atoms with Crippen molar-refractivity contribution in [2.75, 3.05) is 12.3 Å². The number of hydrogen-bond donors (Lipinski definition) is 1. The highest BCUT2D eigenvalue weighted by molar-refractivity contribution is 6.32. The molecule has 0 spiro atoms. The van der Waals surface area contributed by atoms with Gasteiger partial charge in [0.15, 0.2) is 0 Å². The maximum Gasteiger partial charge on any atom is 0.247 e. The van der Waals surface area contributed by atoms with E-state index < -0.39 is 0 Å². The minimum Gasteiger partial charge on any atom is -0.382 e. The van der Waals surface area contributed by atoms with Crippen molar-refractivity contribution in [1.82, 2.24) is 15.1 Å². The number of nitrogens with two attached hydrogens (primary N) is 1. The first kappa shape index (κ1) is 16.5. The number of halogens is 1. The molecule has 2 heterocycles. The molecule has 6 heteroatoms. The molecule has 1 atom stereocenters. The SMILES string of the molecule is C/C(=C\C(=O)N1CCCC1c1ccc(N)nn1)c1ccccc1Cl. The molecule has 1 saturated heterocycles.